The lowest BCUT2D eigenvalue weighted by atomic mass is 9.95. The number of ether oxygens (including phenoxy) is 1. The molecule has 1 rings (SSSR count). The standard InChI is InChI=1S/C10H16N2O/c1-8-9(5-4-6-12-8)10(2,7-11)13-3/h4-6H,7,11H2,1-3H3. The van der Waals surface area contributed by atoms with E-state index in [2.05, 4.69) is 4.98 Å². The summed E-state index contributed by atoms with van der Waals surface area (Å²) in [5, 5.41) is 0. The Labute approximate surface area is 78.9 Å². The minimum atomic E-state index is -0.418. The molecule has 72 valence electrons. The van der Waals surface area contributed by atoms with Crippen LogP contribution < -0.4 is 5.73 Å². The van der Waals surface area contributed by atoms with E-state index in [0.717, 1.165) is 11.3 Å². The molecule has 0 radical (unpaired) electrons. The van der Waals surface area contributed by atoms with Crippen molar-refractivity contribution in [2.75, 3.05) is 13.7 Å². The summed E-state index contributed by atoms with van der Waals surface area (Å²) in [6.45, 7) is 4.38. The molecule has 2 N–H and O–H groups in total. The molecule has 1 aromatic rings. The van der Waals surface area contributed by atoms with Crippen LogP contribution in [0.1, 0.15) is 18.2 Å². The SMILES string of the molecule is COC(C)(CN)c1cccnc1C. The maximum absolute atomic E-state index is 5.67. The number of pyridine rings is 1. The van der Waals surface area contributed by atoms with E-state index in [1.165, 1.54) is 0 Å². The Hall–Kier alpha value is -0.930. The maximum atomic E-state index is 5.67. The molecule has 13 heavy (non-hydrogen) atoms. The van der Waals surface area contributed by atoms with Crippen molar-refractivity contribution in [2.45, 2.75) is 19.4 Å². The molecule has 0 amide bonds. The average molecular weight is 180 g/mol. The van der Waals surface area contributed by atoms with Crippen molar-refractivity contribution in [1.82, 2.24) is 4.98 Å². The first-order valence-corrected chi connectivity index (χ1v) is 4.31. The van der Waals surface area contributed by atoms with E-state index in [9.17, 15) is 0 Å². The topological polar surface area (TPSA) is 48.1 Å². The number of hydrogen-bond acceptors (Lipinski definition) is 3. The fourth-order valence-electron chi connectivity index (χ4n) is 1.35. The van der Waals surface area contributed by atoms with Crippen LogP contribution in [-0.2, 0) is 10.3 Å². The van der Waals surface area contributed by atoms with Crippen molar-refractivity contribution in [2.24, 2.45) is 5.73 Å². The Balaban J connectivity index is 3.12. The van der Waals surface area contributed by atoms with Gasteiger partial charge in [0.15, 0.2) is 0 Å². The van der Waals surface area contributed by atoms with Crippen LogP contribution in [0, 0.1) is 6.92 Å². The fourth-order valence-corrected chi connectivity index (χ4v) is 1.35. The Morgan fingerprint density at radius 1 is 1.62 bits per heavy atom. The summed E-state index contributed by atoms with van der Waals surface area (Å²) >= 11 is 0. The number of nitrogens with two attached hydrogens (primary N) is 1. The van der Waals surface area contributed by atoms with Gasteiger partial charge in [-0.05, 0) is 19.9 Å². The molecule has 1 aromatic heterocycles. The summed E-state index contributed by atoms with van der Waals surface area (Å²) in [7, 11) is 1.67. The van der Waals surface area contributed by atoms with Gasteiger partial charge in [0.1, 0.15) is 5.60 Å². The fraction of sp³-hybridized carbons (Fsp3) is 0.500. The lowest BCUT2D eigenvalue weighted by molar-refractivity contribution is 0.00924. The molecule has 0 aliphatic heterocycles. The van der Waals surface area contributed by atoms with Crippen molar-refractivity contribution in [3.63, 3.8) is 0 Å². The maximum Gasteiger partial charge on any atom is 0.104 e. The third kappa shape index (κ3) is 1.87. The highest BCUT2D eigenvalue weighted by Gasteiger charge is 2.26. The molecule has 0 aromatic carbocycles. The second-order valence-corrected chi connectivity index (χ2v) is 3.28. The quantitative estimate of drug-likeness (QED) is 0.760. The van der Waals surface area contributed by atoms with Crippen LogP contribution in [0.3, 0.4) is 0 Å². The van der Waals surface area contributed by atoms with E-state index in [1.54, 1.807) is 13.3 Å². The molecule has 3 nitrogen and oxygen atoms in total. The molecule has 1 heterocycles. The van der Waals surface area contributed by atoms with Crippen LogP contribution in [-0.4, -0.2) is 18.6 Å². The number of rotatable bonds is 3. The van der Waals surface area contributed by atoms with Gasteiger partial charge >= 0.3 is 0 Å². The van der Waals surface area contributed by atoms with Crippen molar-refractivity contribution in [1.29, 1.82) is 0 Å². The molecular weight excluding hydrogens is 164 g/mol. The van der Waals surface area contributed by atoms with Gasteiger partial charge in [-0.1, -0.05) is 6.07 Å². The summed E-state index contributed by atoms with van der Waals surface area (Å²) in [6.07, 6.45) is 1.77. The number of hydrogen-bond donors (Lipinski definition) is 1. The van der Waals surface area contributed by atoms with Gasteiger partial charge in [0, 0.05) is 31.1 Å². The van der Waals surface area contributed by atoms with E-state index >= 15 is 0 Å². The molecule has 0 saturated heterocycles. The molecule has 1 atom stereocenters. The van der Waals surface area contributed by atoms with Gasteiger partial charge in [0.05, 0.1) is 0 Å². The molecular formula is C10H16N2O. The Bertz CT molecular complexity index is 282. The highest BCUT2D eigenvalue weighted by atomic mass is 16.5. The summed E-state index contributed by atoms with van der Waals surface area (Å²) in [6, 6.07) is 3.90. The van der Waals surface area contributed by atoms with E-state index in [4.69, 9.17) is 10.5 Å². The van der Waals surface area contributed by atoms with Crippen LogP contribution in [0.4, 0.5) is 0 Å². The third-order valence-corrected chi connectivity index (χ3v) is 2.42. The molecule has 0 fully saturated rings. The van der Waals surface area contributed by atoms with Gasteiger partial charge in [-0.3, -0.25) is 4.98 Å². The highest BCUT2D eigenvalue weighted by molar-refractivity contribution is 5.25. The molecule has 0 spiro atoms. The van der Waals surface area contributed by atoms with Crippen LogP contribution in [0.25, 0.3) is 0 Å². The zero-order valence-corrected chi connectivity index (χ0v) is 8.37. The minimum absolute atomic E-state index is 0.418. The van der Waals surface area contributed by atoms with Gasteiger partial charge < -0.3 is 10.5 Å². The second kappa shape index (κ2) is 3.85. The first kappa shape index (κ1) is 10.2. The Morgan fingerprint density at radius 3 is 2.77 bits per heavy atom. The summed E-state index contributed by atoms with van der Waals surface area (Å²) < 4.78 is 5.39. The molecule has 0 bridgehead atoms. The normalized spacial score (nSPS) is 15.4. The van der Waals surface area contributed by atoms with E-state index in [-0.39, 0.29) is 0 Å². The Kier molecular flexibility index (Phi) is 3.01. The van der Waals surface area contributed by atoms with Crippen molar-refractivity contribution in [3.8, 4) is 0 Å². The van der Waals surface area contributed by atoms with Crippen LogP contribution in [0.5, 0.6) is 0 Å². The molecule has 0 aliphatic rings. The van der Waals surface area contributed by atoms with Crippen LogP contribution in [0.2, 0.25) is 0 Å². The van der Waals surface area contributed by atoms with Gasteiger partial charge in [0.25, 0.3) is 0 Å². The average Bonchev–Trinajstić information content (AvgIpc) is 2.17. The van der Waals surface area contributed by atoms with Gasteiger partial charge in [-0.2, -0.15) is 0 Å². The minimum Gasteiger partial charge on any atom is -0.372 e. The van der Waals surface area contributed by atoms with Crippen molar-refractivity contribution >= 4 is 0 Å². The molecule has 3 heteroatoms. The highest BCUT2D eigenvalue weighted by Crippen LogP contribution is 2.24. The monoisotopic (exact) mass is 180 g/mol. The van der Waals surface area contributed by atoms with Crippen LogP contribution >= 0.6 is 0 Å². The van der Waals surface area contributed by atoms with Crippen LogP contribution in [0.15, 0.2) is 18.3 Å². The van der Waals surface area contributed by atoms with E-state index < -0.39 is 5.60 Å². The van der Waals surface area contributed by atoms with Crippen molar-refractivity contribution < 1.29 is 4.74 Å². The zero-order chi connectivity index (χ0) is 9.90. The lowest BCUT2D eigenvalue weighted by Gasteiger charge is -2.27. The molecule has 1 unspecified atom stereocenters. The van der Waals surface area contributed by atoms with Crippen molar-refractivity contribution in [3.05, 3.63) is 29.6 Å². The second-order valence-electron chi connectivity index (χ2n) is 3.28. The summed E-state index contributed by atoms with van der Waals surface area (Å²) in [5.41, 5.74) is 7.27. The van der Waals surface area contributed by atoms with Gasteiger partial charge in [-0.25, -0.2) is 0 Å². The number of methoxy groups -OCH3 is 1. The zero-order valence-electron chi connectivity index (χ0n) is 8.37. The third-order valence-electron chi connectivity index (χ3n) is 2.42. The predicted octanol–water partition coefficient (Wildman–Crippen LogP) is 1.21. The van der Waals surface area contributed by atoms with E-state index in [1.807, 2.05) is 26.0 Å². The Morgan fingerprint density at radius 2 is 2.31 bits per heavy atom. The molecule has 0 saturated carbocycles. The first-order chi connectivity index (χ1) is 6.14. The largest absolute Gasteiger partial charge is 0.372 e. The number of aryl methyl sites for hydroxylation is 1. The van der Waals surface area contributed by atoms with E-state index in [0.29, 0.717) is 6.54 Å². The lowest BCUT2D eigenvalue weighted by Crippen LogP contribution is -2.34. The number of aromatic nitrogens is 1. The smallest absolute Gasteiger partial charge is 0.104 e. The van der Waals surface area contributed by atoms with Gasteiger partial charge in [-0.15, -0.1) is 0 Å². The predicted molar refractivity (Wildman–Crippen MR) is 52.4 cm³/mol. The summed E-state index contributed by atoms with van der Waals surface area (Å²) in [4.78, 5) is 4.21. The first-order valence-electron chi connectivity index (χ1n) is 4.31. The number of nitrogens with zero attached hydrogens (tertiary/aromatic N) is 1. The summed E-state index contributed by atoms with van der Waals surface area (Å²) in [5.74, 6) is 0. The van der Waals surface area contributed by atoms with Gasteiger partial charge in [0.2, 0.25) is 0 Å². The molecule has 0 aliphatic carbocycles.